The summed E-state index contributed by atoms with van der Waals surface area (Å²) in [7, 11) is 0. The highest BCUT2D eigenvalue weighted by atomic mass is 16.1. The number of carbonyl (C=O) groups excluding carboxylic acids is 1. The van der Waals surface area contributed by atoms with Gasteiger partial charge in [0.1, 0.15) is 0 Å². The molecule has 0 aliphatic carbocycles. The maximum absolute atomic E-state index is 12.1. The zero-order chi connectivity index (χ0) is 12.9. The predicted octanol–water partition coefficient (Wildman–Crippen LogP) is 2.90. The fourth-order valence-corrected chi connectivity index (χ4v) is 1.52. The van der Waals surface area contributed by atoms with Crippen LogP contribution >= 0.6 is 0 Å². The molecule has 0 spiro atoms. The summed E-state index contributed by atoms with van der Waals surface area (Å²) in [5.74, 6) is -0.134. The highest BCUT2D eigenvalue weighted by Crippen LogP contribution is 2.30. The molecule has 0 fully saturated rings. The van der Waals surface area contributed by atoms with Crippen LogP contribution in [0.15, 0.2) is 42.1 Å². The van der Waals surface area contributed by atoms with Crippen LogP contribution in [0.3, 0.4) is 0 Å². The molecule has 0 unspecified atom stereocenters. The number of nitrogens with two attached hydrogens (primary N) is 1. The number of para-hydroxylation sites is 1. The van der Waals surface area contributed by atoms with Gasteiger partial charge in [-0.3, -0.25) is 4.79 Å². The van der Waals surface area contributed by atoms with Gasteiger partial charge in [-0.1, -0.05) is 39.0 Å². The van der Waals surface area contributed by atoms with E-state index in [0.717, 1.165) is 12.1 Å². The molecule has 0 aromatic heterocycles. The van der Waals surface area contributed by atoms with Crippen LogP contribution in [-0.2, 0) is 4.79 Å². The standard InChI is InChI=1S/C14H20N2O/c1-4-14(2,3)12(10-15)13(17)16-11-8-6-5-7-9-11/h5-10H,4,15H2,1-3H3,(H,16,17)/b12-10-. The highest BCUT2D eigenvalue weighted by Gasteiger charge is 2.26. The van der Waals surface area contributed by atoms with Gasteiger partial charge in [-0.05, 0) is 24.0 Å². The smallest absolute Gasteiger partial charge is 0.253 e. The van der Waals surface area contributed by atoms with E-state index in [1.807, 2.05) is 51.1 Å². The van der Waals surface area contributed by atoms with Crippen molar-refractivity contribution >= 4 is 11.6 Å². The van der Waals surface area contributed by atoms with E-state index in [1.165, 1.54) is 6.20 Å². The summed E-state index contributed by atoms with van der Waals surface area (Å²) in [6.07, 6.45) is 2.26. The average molecular weight is 232 g/mol. The first-order chi connectivity index (χ1) is 8.01. The minimum absolute atomic E-state index is 0.134. The number of carbonyl (C=O) groups is 1. The normalized spacial score (nSPS) is 12.3. The Kier molecular flexibility index (Phi) is 4.32. The van der Waals surface area contributed by atoms with Gasteiger partial charge in [-0.15, -0.1) is 0 Å². The van der Waals surface area contributed by atoms with Crippen molar-refractivity contribution in [2.45, 2.75) is 27.2 Å². The number of nitrogens with one attached hydrogen (secondary N) is 1. The van der Waals surface area contributed by atoms with Crippen LogP contribution in [0, 0.1) is 5.41 Å². The van der Waals surface area contributed by atoms with Crippen LogP contribution in [0.2, 0.25) is 0 Å². The van der Waals surface area contributed by atoms with Crippen molar-refractivity contribution in [1.29, 1.82) is 0 Å². The van der Waals surface area contributed by atoms with Crippen molar-refractivity contribution < 1.29 is 4.79 Å². The largest absolute Gasteiger partial charge is 0.404 e. The maximum Gasteiger partial charge on any atom is 0.253 e. The lowest BCUT2D eigenvalue weighted by Gasteiger charge is -2.25. The first-order valence-electron chi connectivity index (χ1n) is 5.80. The Balaban J connectivity index is 2.83. The monoisotopic (exact) mass is 232 g/mol. The number of hydrogen-bond donors (Lipinski definition) is 2. The second-order valence-corrected chi connectivity index (χ2v) is 4.64. The molecule has 3 nitrogen and oxygen atoms in total. The number of rotatable bonds is 4. The molecule has 0 bridgehead atoms. The first-order valence-corrected chi connectivity index (χ1v) is 5.80. The van der Waals surface area contributed by atoms with E-state index in [-0.39, 0.29) is 11.3 Å². The molecule has 0 aliphatic rings. The maximum atomic E-state index is 12.1. The van der Waals surface area contributed by atoms with Gasteiger partial charge < -0.3 is 11.1 Å². The molecule has 92 valence electrons. The summed E-state index contributed by atoms with van der Waals surface area (Å²) in [5, 5.41) is 2.85. The molecule has 0 saturated heterocycles. The Hall–Kier alpha value is -1.77. The van der Waals surface area contributed by atoms with Gasteiger partial charge in [-0.25, -0.2) is 0 Å². The molecular formula is C14H20N2O. The van der Waals surface area contributed by atoms with Crippen LogP contribution in [0.5, 0.6) is 0 Å². The molecular weight excluding hydrogens is 212 g/mol. The number of anilines is 1. The molecule has 1 aromatic rings. The van der Waals surface area contributed by atoms with Crippen LogP contribution in [0.1, 0.15) is 27.2 Å². The van der Waals surface area contributed by atoms with E-state index in [4.69, 9.17) is 5.73 Å². The van der Waals surface area contributed by atoms with Crippen molar-refractivity contribution in [1.82, 2.24) is 0 Å². The van der Waals surface area contributed by atoms with Gasteiger partial charge >= 0.3 is 0 Å². The second-order valence-electron chi connectivity index (χ2n) is 4.64. The molecule has 1 rings (SSSR count). The molecule has 3 N–H and O–H groups in total. The molecule has 0 aliphatic heterocycles. The summed E-state index contributed by atoms with van der Waals surface area (Å²) in [6, 6.07) is 9.38. The van der Waals surface area contributed by atoms with E-state index in [9.17, 15) is 4.79 Å². The zero-order valence-corrected chi connectivity index (χ0v) is 10.7. The van der Waals surface area contributed by atoms with E-state index >= 15 is 0 Å². The Bertz CT molecular complexity index is 407. The van der Waals surface area contributed by atoms with Crippen LogP contribution in [0.25, 0.3) is 0 Å². The Labute approximate surface area is 103 Å². The second kappa shape index (κ2) is 5.53. The molecule has 0 saturated carbocycles. The van der Waals surface area contributed by atoms with E-state index in [2.05, 4.69) is 5.32 Å². The molecule has 0 heterocycles. The van der Waals surface area contributed by atoms with Gasteiger partial charge in [0.25, 0.3) is 5.91 Å². The van der Waals surface area contributed by atoms with Crippen LogP contribution < -0.4 is 11.1 Å². The summed E-state index contributed by atoms with van der Waals surface area (Å²) in [4.78, 5) is 12.1. The van der Waals surface area contributed by atoms with Gasteiger partial charge in [-0.2, -0.15) is 0 Å². The van der Waals surface area contributed by atoms with Crippen LogP contribution in [-0.4, -0.2) is 5.91 Å². The van der Waals surface area contributed by atoms with Crippen molar-refractivity contribution in [3.8, 4) is 0 Å². The number of benzene rings is 1. The van der Waals surface area contributed by atoms with E-state index in [1.54, 1.807) is 0 Å². The fraction of sp³-hybridized carbons (Fsp3) is 0.357. The Morgan fingerprint density at radius 3 is 2.41 bits per heavy atom. The van der Waals surface area contributed by atoms with Gasteiger partial charge in [0.15, 0.2) is 0 Å². The van der Waals surface area contributed by atoms with Crippen molar-refractivity contribution in [2.24, 2.45) is 11.1 Å². The fourth-order valence-electron chi connectivity index (χ4n) is 1.52. The van der Waals surface area contributed by atoms with Crippen LogP contribution in [0.4, 0.5) is 5.69 Å². The quantitative estimate of drug-likeness (QED) is 0.784. The topological polar surface area (TPSA) is 55.1 Å². The third-order valence-corrected chi connectivity index (χ3v) is 3.06. The van der Waals surface area contributed by atoms with E-state index < -0.39 is 0 Å². The zero-order valence-electron chi connectivity index (χ0n) is 10.7. The van der Waals surface area contributed by atoms with Crippen molar-refractivity contribution in [2.75, 3.05) is 5.32 Å². The highest BCUT2D eigenvalue weighted by molar-refractivity contribution is 6.04. The first kappa shape index (κ1) is 13.3. The lowest BCUT2D eigenvalue weighted by molar-refractivity contribution is -0.113. The molecule has 1 aromatic carbocycles. The SMILES string of the molecule is CCC(C)(C)/C(=C\N)C(=O)Nc1ccccc1. The molecule has 17 heavy (non-hydrogen) atoms. The van der Waals surface area contributed by atoms with Gasteiger partial charge in [0.05, 0.1) is 0 Å². The third kappa shape index (κ3) is 3.34. The summed E-state index contributed by atoms with van der Waals surface area (Å²) < 4.78 is 0. The van der Waals surface area contributed by atoms with Crippen molar-refractivity contribution in [3.05, 3.63) is 42.1 Å². The Morgan fingerprint density at radius 1 is 1.35 bits per heavy atom. The minimum Gasteiger partial charge on any atom is -0.404 e. The van der Waals surface area contributed by atoms with Crippen molar-refractivity contribution in [3.63, 3.8) is 0 Å². The van der Waals surface area contributed by atoms with Gasteiger partial charge in [0, 0.05) is 17.5 Å². The number of hydrogen-bond acceptors (Lipinski definition) is 2. The molecule has 0 radical (unpaired) electrons. The molecule has 1 amide bonds. The summed E-state index contributed by atoms with van der Waals surface area (Å²) >= 11 is 0. The van der Waals surface area contributed by atoms with Gasteiger partial charge in [0.2, 0.25) is 0 Å². The summed E-state index contributed by atoms with van der Waals surface area (Å²) in [6.45, 7) is 6.06. The lowest BCUT2D eigenvalue weighted by Crippen LogP contribution is -2.26. The lowest BCUT2D eigenvalue weighted by atomic mass is 9.81. The Morgan fingerprint density at radius 2 is 1.94 bits per heavy atom. The predicted molar refractivity (Wildman–Crippen MR) is 71.4 cm³/mol. The number of amides is 1. The molecule has 3 heteroatoms. The average Bonchev–Trinajstić information content (AvgIpc) is 2.30. The molecule has 0 atom stereocenters. The van der Waals surface area contributed by atoms with E-state index in [0.29, 0.717) is 5.57 Å². The minimum atomic E-state index is -0.215. The third-order valence-electron chi connectivity index (χ3n) is 3.06. The summed E-state index contributed by atoms with van der Waals surface area (Å²) in [5.41, 5.74) is 6.75.